The minimum absolute atomic E-state index is 0.124. The number of anilines is 1. The number of nitrogens with two attached hydrogens (primary N) is 1. The highest BCUT2D eigenvalue weighted by molar-refractivity contribution is 7.22. The van der Waals surface area contributed by atoms with Gasteiger partial charge in [0.1, 0.15) is 0 Å². The van der Waals surface area contributed by atoms with Gasteiger partial charge in [-0.05, 0) is 28.8 Å². The first-order valence-corrected chi connectivity index (χ1v) is 9.13. The molecule has 1 aromatic heterocycles. The van der Waals surface area contributed by atoms with Gasteiger partial charge in [0.05, 0.1) is 22.7 Å². The molecule has 0 bridgehead atoms. The molecular weight excluding hydrogens is 375 g/mol. The van der Waals surface area contributed by atoms with Crippen LogP contribution in [0, 0.1) is 5.92 Å². The Morgan fingerprint density at radius 2 is 1.93 bits per heavy atom. The van der Waals surface area contributed by atoms with Crippen molar-refractivity contribution in [1.82, 2.24) is 0 Å². The molecule has 0 aliphatic carbocycles. The summed E-state index contributed by atoms with van der Waals surface area (Å²) in [6.07, 6.45) is -4.59. The van der Waals surface area contributed by atoms with E-state index in [-0.39, 0.29) is 34.3 Å². The zero-order valence-corrected chi connectivity index (χ0v) is 15.5. The zero-order valence-electron chi connectivity index (χ0n) is 14.7. The van der Waals surface area contributed by atoms with Crippen molar-refractivity contribution in [3.63, 3.8) is 0 Å². The minimum atomic E-state index is -4.59. The molecule has 0 aliphatic rings. The van der Waals surface area contributed by atoms with E-state index in [4.69, 9.17) is 5.73 Å². The quantitative estimate of drug-likeness (QED) is 0.575. The van der Waals surface area contributed by atoms with E-state index < -0.39 is 11.7 Å². The maximum Gasteiger partial charge on any atom is 0.417 e. The second-order valence-electron chi connectivity index (χ2n) is 6.58. The van der Waals surface area contributed by atoms with Crippen molar-refractivity contribution < 1.29 is 23.1 Å². The predicted octanol–water partition coefficient (Wildman–Crippen LogP) is 5.50. The SMILES string of the molecule is CC(C)C(=O)c1sc2c(-c3cccc(CO)c3)ccc(C(F)(F)F)c2c1N. The fourth-order valence-corrected chi connectivity index (χ4v) is 4.34. The number of carbonyl (C=O) groups is 1. The maximum absolute atomic E-state index is 13.6. The molecule has 0 spiro atoms. The van der Waals surface area contributed by atoms with Crippen LogP contribution >= 0.6 is 11.3 Å². The largest absolute Gasteiger partial charge is 0.417 e. The number of ketones is 1. The van der Waals surface area contributed by atoms with Crippen LogP contribution in [0.4, 0.5) is 18.9 Å². The van der Waals surface area contributed by atoms with Crippen LogP contribution in [0.2, 0.25) is 0 Å². The molecule has 1 heterocycles. The smallest absolute Gasteiger partial charge is 0.397 e. The molecule has 27 heavy (non-hydrogen) atoms. The fourth-order valence-electron chi connectivity index (χ4n) is 2.97. The van der Waals surface area contributed by atoms with Crippen LogP contribution in [-0.4, -0.2) is 10.9 Å². The summed E-state index contributed by atoms with van der Waals surface area (Å²) in [5.41, 5.74) is 6.90. The number of hydrogen-bond donors (Lipinski definition) is 2. The van der Waals surface area contributed by atoms with E-state index in [1.807, 2.05) is 0 Å². The number of aliphatic hydroxyl groups excluding tert-OH is 1. The molecule has 0 atom stereocenters. The fraction of sp³-hybridized carbons (Fsp3) is 0.250. The summed E-state index contributed by atoms with van der Waals surface area (Å²) < 4.78 is 41.0. The molecule has 0 fully saturated rings. The summed E-state index contributed by atoms with van der Waals surface area (Å²) in [5, 5.41) is 9.21. The number of carbonyl (C=O) groups excluding carboxylic acids is 1. The van der Waals surface area contributed by atoms with Crippen molar-refractivity contribution in [1.29, 1.82) is 0 Å². The molecule has 0 saturated carbocycles. The molecule has 3 nitrogen and oxygen atoms in total. The molecule has 0 aliphatic heterocycles. The molecule has 0 saturated heterocycles. The maximum atomic E-state index is 13.6. The topological polar surface area (TPSA) is 63.3 Å². The van der Waals surface area contributed by atoms with E-state index >= 15 is 0 Å². The highest BCUT2D eigenvalue weighted by Crippen LogP contribution is 2.47. The Bertz CT molecular complexity index is 1020. The van der Waals surface area contributed by atoms with Gasteiger partial charge >= 0.3 is 6.18 Å². The number of rotatable bonds is 4. The van der Waals surface area contributed by atoms with E-state index in [2.05, 4.69) is 0 Å². The van der Waals surface area contributed by atoms with Crippen molar-refractivity contribution in [2.75, 3.05) is 5.73 Å². The van der Waals surface area contributed by atoms with Crippen molar-refractivity contribution in [3.05, 3.63) is 52.4 Å². The van der Waals surface area contributed by atoms with Gasteiger partial charge in [-0.1, -0.05) is 38.1 Å². The van der Waals surface area contributed by atoms with E-state index in [0.717, 1.165) is 17.4 Å². The van der Waals surface area contributed by atoms with Crippen LogP contribution in [0.3, 0.4) is 0 Å². The monoisotopic (exact) mass is 393 g/mol. The van der Waals surface area contributed by atoms with Gasteiger partial charge in [0.2, 0.25) is 0 Å². The molecule has 0 unspecified atom stereocenters. The Morgan fingerprint density at radius 3 is 2.52 bits per heavy atom. The summed E-state index contributed by atoms with van der Waals surface area (Å²) in [6, 6.07) is 9.29. The van der Waals surface area contributed by atoms with Gasteiger partial charge in [0.15, 0.2) is 5.78 Å². The Hall–Kier alpha value is -2.38. The summed E-state index contributed by atoms with van der Waals surface area (Å²) in [4.78, 5) is 12.6. The number of aliphatic hydroxyl groups is 1. The first-order chi connectivity index (χ1) is 12.6. The van der Waals surface area contributed by atoms with E-state index in [9.17, 15) is 23.1 Å². The number of benzene rings is 2. The minimum Gasteiger partial charge on any atom is -0.397 e. The van der Waals surface area contributed by atoms with E-state index in [0.29, 0.717) is 21.4 Å². The third-order valence-electron chi connectivity index (χ3n) is 4.35. The number of Topliss-reactive ketones (excluding diaryl/α,β-unsaturated/α-hetero) is 1. The average molecular weight is 393 g/mol. The summed E-state index contributed by atoms with van der Waals surface area (Å²) in [7, 11) is 0. The molecule has 0 amide bonds. The van der Waals surface area contributed by atoms with Gasteiger partial charge in [-0.15, -0.1) is 11.3 Å². The van der Waals surface area contributed by atoms with Gasteiger partial charge in [-0.2, -0.15) is 13.2 Å². The first kappa shape index (κ1) is 19.4. The van der Waals surface area contributed by atoms with Gasteiger partial charge in [-0.3, -0.25) is 4.79 Å². The number of fused-ring (bicyclic) bond motifs is 1. The Morgan fingerprint density at radius 1 is 1.22 bits per heavy atom. The number of halogens is 3. The Kier molecular flexibility index (Phi) is 5.01. The highest BCUT2D eigenvalue weighted by atomic mass is 32.1. The average Bonchev–Trinajstić information content (AvgIpc) is 2.97. The second-order valence-corrected chi connectivity index (χ2v) is 7.61. The van der Waals surface area contributed by atoms with Crippen molar-refractivity contribution >= 4 is 32.9 Å². The van der Waals surface area contributed by atoms with Crippen LogP contribution < -0.4 is 5.73 Å². The van der Waals surface area contributed by atoms with Crippen LogP contribution in [0.5, 0.6) is 0 Å². The van der Waals surface area contributed by atoms with Crippen LogP contribution in [0.1, 0.15) is 34.6 Å². The normalized spacial score (nSPS) is 12.1. The van der Waals surface area contributed by atoms with E-state index in [1.54, 1.807) is 38.1 Å². The van der Waals surface area contributed by atoms with Gasteiger partial charge in [0, 0.05) is 16.0 Å². The Labute approximate surface area is 158 Å². The molecule has 142 valence electrons. The molecule has 3 aromatic rings. The van der Waals surface area contributed by atoms with Gasteiger partial charge < -0.3 is 10.8 Å². The number of nitrogen functional groups attached to an aromatic ring is 1. The van der Waals surface area contributed by atoms with Gasteiger partial charge in [-0.25, -0.2) is 0 Å². The number of hydrogen-bond acceptors (Lipinski definition) is 4. The third-order valence-corrected chi connectivity index (χ3v) is 5.60. The van der Waals surface area contributed by atoms with E-state index in [1.165, 1.54) is 6.07 Å². The van der Waals surface area contributed by atoms with Gasteiger partial charge in [0.25, 0.3) is 0 Å². The standard InChI is InChI=1S/C20H18F3NO2S/c1-10(2)17(26)19-16(24)15-14(20(21,22)23)7-6-13(18(15)27-19)12-5-3-4-11(8-12)9-25/h3-8,10,25H,9,24H2,1-2H3. The molecule has 2 aromatic carbocycles. The molecule has 0 radical (unpaired) electrons. The van der Waals surface area contributed by atoms with Crippen LogP contribution in [0.15, 0.2) is 36.4 Å². The molecular formula is C20H18F3NO2S. The van der Waals surface area contributed by atoms with Crippen LogP contribution in [0.25, 0.3) is 21.2 Å². The number of alkyl halides is 3. The van der Waals surface area contributed by atoms with Crippen LogP contribution in [-0.2, 0) is 12.8 Å². The first-order valence-electron chi connectivity index (χ1n) is 8.31. The second kappa shape index (κ2) is 6.98. The lowest BCUT2D eigenvalue weighted by molar-refractivity contribution is -0.136. The third kappa shape index (κ3) is 3.44. The lowest BCUT2D eigenvalue weighted by Gasteiger charge is -2.12. The predicted molar refractivity (Wildman–Crippen MR) is 102 cm³/mol. The van der Waals surface area contributed by atoms with Crippen molar-refractivity contribution in [3.8, 4) is 11.1 Å². The zero-order chi connectivity index (χ0) is 19.9. The molecule has 7 heteroatoms. The molecule has 3 rings (SSSR count). The molecule has 3 N–H and O–H groups in total. The summed E-state index contributed by atoms with van der Waals surface area (Å²) >= 11 is 0.988. The summed E-state index contributed by atoms with van der Waals surface area (Å²) in [5.74, 6) is -0.659. The van der Waals surface area contributed by atoms with Crippen molar-refractivity contribution in [2.45, 2.75) is 26.6 Å². The lowest BCUT2D eigenvalue weighted by Crippen LogP contribution is -2.09. The lowest BCUT2D eigenvalue weighted by atomic mass is 9.97. The van der Waals surface area contributed by atoms with Crippen molar-refractivity contribution in [2.24, 2.45) is 5.92 Å². The highest BCUT2D eigenvalue weighted by Gasteiger charge is 2.35. The Balaban J connectivity index is 2.37. The summed E-state index contributed by atoms with van der Waals surface area (Å²) in [6.45, 7) is 3.19. The number of thiophene rings is 1.